The van der Waals surface area contributed by atoms with Crippen LogP contribution in [0.5, 0.6) is 0 Å². The van der Waals surface area contributed by atoms with Crippen molar-refractivity contribution in [3.05, 3.63) is 0 Å². The van der Waals surface area contributed by atoms with Crippen LogP contribution in [-0.4, -0.2) is 24.1 Å². The molecule has 6 heteroatoms. The Morgan fingerprint density at radius 2 is 1.21 bits per heavy atom. The highest BCUT2D eigenvalue weighted by Gasteiger charge is 2.04. The summed E-state index contributed by atoms with van der Waals surface area (Å²) in [4.78, 5) is 21.5. The zero-order chi connectivity index (χ0) is 10.8. The summed E-state index contributed by atoms with van der Waals surface area (Å²) in [6.07, 6.45) is 1.68. The second-order valence-corrected chi connectivity index (χ2v) is 2.89. The van der Waals surface area contributed by atoms with Gasteiger partial charge in [0.2, 0.25) is 0 Å². The Morgan fingerprint density at radius 1 is 0.857 bits per heavy atom. The molecule has 0 aliphatic heterocycles. The van der Waals surface area contributed by atoms with Gasteiger partial charge in [0.05, 0.1) is 0 Å². The van der Waals surface area contributed by atoms with Crippen molar-refractivity contribution < 1.29 is 19.1 Å². The van der Waals surface area contributed by atoms with Crippen LogP contribution < -0.4 is 0 Å². The molecule has 0 spiro atoms. The van der Waals surface area contributed by atoms with Crippen LogP contribution in [0.4, 0.5) is 0 Å². The van der Waals surface area contributed by atoms with Crippen LogP contribution in [0.1, 0.15) is 25.7 Å². The van der Waals surface area contributed by atoms with E-state index in [1.165, 1.54) is 0 Å². The van der Waals surface area contributed by atoms with Gasteiger partial charge in [-0.2, -0.15) is 0 Å². The molecule has 0 heterocycles. The zero-order valence-electron chi connectivity index (χ0n) is 7.63. The third kappa shape index (κ3) is 8.13. The van der Waals surface area contributed by atoms with Gasteiger partial charge in [-0.25, -0.2) is 0 Å². The predicted molar refractivity (Wildman–Crippen MR) is 52.1 cm³/mol. The van der Waals surface area contributed by atoms with Gasteiger partial charge < -0.3 is 9.47 Å². The highest BCUT2D eigenvalue weighted by molar-refractivity contribution is 6.17. The van der Waals surface area contributed by atoms with Crippen LogP contribution in [0, 0.1) is 0 Å². The van der Waals surface area contributed by atoms with E-state index in [0.29, 0.717) is 12.8 Å². The Bertz CT molecular complexity index is 164. The van der Waals surface area contributed by atoms with E-state index in [9.17, 15) is 9.59 Å². The lowest BCUT2D eigenvalue weighted by Crippen LogP contribution is -2.05. The summed E-state index contributed by atoms with van der Waals surface area (Å²) >= 11 is 10.3. The lowest BCUT2D eigenvalue weighted by molar-refractivity contribution is -0.143. The first-order chi connectivity index (χ1) is 6.70. The maximum Gasteiger partial charge on any atom is 0.306 e. The maximum absolute atomic E-state index is 10.8. The molecule has 0 aromatic rings. The minimum atomic E-state index is -0.356. The Kier molecular flexibility index (Phi) is 8.78. The van der Waals surface area contributed by atoms with E-state index < -0.39 is 0 Å². The first-order valence-corrected chi connectivity index (χ1v) is 5.20. The lowest BCUT2D eigenvalue weighted by atomic mass is 10.2. The fourth-order valence-corrected chi connectivity index (χ4v) is 1.05. The van der Waals surface area contributed by atoms with Crippen molar-refractivity contribution >= 4 is 35.1 Å². The van der Waals surface area contributed by atoms with Crippen LogP contribution in [0.15, 0.2) is 0 Å². The number of alkyl halides is 2. The van der Waals surface area contributed by atoms with Gasteiger partial charge in [0.15, 0.2) is 12.1 Å². The van der Waals surface area contributed by atoms with E-state index in [4.69, 9.17) is 23.2 Å². The van der Waals surface area contributed by atoms with E-state index in [1.807, 2.05) is 0 Å². The van der Waals surface area contributed by atoms with Crippen molar-refractivity contribution in [2.45, 2.75) is 25.7 Å². The Balaban J connectivity index is 3.28. The molecule has 0 saturated heterocycles. The smallest absolute Gasteiger partial charge is 0.306 e. The van der Waals surface area contributed by atoms with Gasteiger partial charge in [0.1, 0.15) is 0 Å². The van der Waals surface area contributed by atoms with E-state index >= 15 is 0 Å². The molecule has 82 valence electrons. The highest BCUT2D eigenvalue weighted by Crippen LogP contribution is 2.03. The predicted octanol–water partition coefficient (Wildman–Crippen LogP) is 2.03. The van der Waals surface area contributed by atoms with Crippen LogP contribution in [-0.2, 0) is 19.1 Å². The average Bonchev–Trinajstić information content (AvgIpc) is 2.13. The van der Waals surface area contributed by atoms with Gasteiger partial charge in [-0.15, -0.1) is 0 Å². The van der Waals surface area contributed by atoms with Crippen molar-refractivity contribution in [3.8, 4) is 0 Å². The Morgan fingerprint density at radius 3 is 1.50 bits per heavy atom. The standard InChI is InChI=1S/C8H12Cl2O4/c9-5-13-7(11)3-1-2-4-8(12)14-6-10/h1-6H2. The van der Waals surface area contributed by atoms with Gasteiger partial charge in [-0.1, -0.05) is 23.2 Å². The molecule has 0 aliphatic rings. The number of carbonyl (C=O) groups is 2. The molecule has 0 atom stereocenters. The van der Waals surface area contributed by atoms with E-state index in [1.54, 1.807) is 0 Å². The minimum Gasteiger partial charge on any atom is -0.449 e. The summed E-state index contributed by atoms with van der Waals surface area (Å²) < 4.78 is 8.97. The third-order valence-electron chi connectivity index (χ3n) is 1.44. The summed E-state index contributed by atoms with van der Waals surface area (Å²) in [6.45, 7) is 0. The molecule has 0 aromatic carbocycles. The minimum absolute atomic E-state index is 0.132. The Labute approximate surface area is 92.5 Å². The molecule has 0 rings (SSSR count). The van der Waals surface area contributed by atoms with Crippen molar-refractivity contribution in [1.82, 2.24) is 0 Å². The fourth-order valence-electron chi connectivity index (χ4n) is 0.805. The summed E-state index contributed by atoms with van der Waals surface area (Å²) in [5, 5.41) is 0. The molecule has 0 unspecified atom stereocenters. The number of ether oxygens (including phenoxy) is 2. The quantitative estimate of drug-likeness (QED) is 0.390. The molecule has 0 aliphatic carbocycles. The van der Waals surface area contributed by atoms with Crippen LogP contribution in [0.25, 0.3) is 0 Å². The fraction of sp³-hybridized carbons (Fsp3) is 0.750. The molecule has 0 N–H and O–H groups in total. The number of hydrogen-bond donors (Lipinski definition) is 0. The average molecular weight is 243 g/mol. The summed E-state index contributed by atoms with van der Waals surface area (Å²) in [5.41, 5.74) is 0. The molecule has 0 amide bonds. The lowest BCUT2D eigenvalue weighted by Gasteiger charge is -2.01. The molecule has 0 fully saturated rings. The van der Waals surface area contributed by atoms with E-state index in [0.717, 1.165) is 0 Å². The van der Waals surface area contributed by atoms with Gasteiger partial charge in [-0.05, 0) is 12.8 Å². The van der Waals surface area contributed by atoms with Crippen LogP contribution in [0.3, 0.4) is 0 Å². The zero-order valence-corrected chi connectivity index (χ0v) is 9.14. The number of carbonyl (C=O) groups excluding carboxylic acids is 2. The Hall–Kier alpha value is -0.480. The van der Waals surface area contributed by atoms with Crippen molar-refractivity contribution in [2.24, 2.45) is 0 Å². The number of hydrogen-bond acceptors (Lipinski definition) is 4. The number of esters is 2. The SMILES string of the molecule is O=C(CCCCC(=O)OCCl)OCCl. The molecule has 0 aromatic heterocycles. The summed E-state index contributed by atoms with van der Waals surface area (Å²) in [7, 11) is 0. The summed E-state index contributed by atoms with van der Waals surface area (Å²) in [5.74, 6) is -0.712. The first-order valence-electron chi connectivity index (χ1n) is 4.14. The normalized spacial score (nSPS) is 9.57. The molecule has 4 nitrogen and oxygen atoms in total. The molecule has 0 saturated carbocycles. The second-order valence-electron chi connectivity index (χ2n) is 2.46. The molecule has 14 heavy (non-hydrogen) atoms. The van der Waals surface area contributed by atoms with Crippen molar-refractivity contribution in [3.63, 3.8) is 0 Å². The number of rotatable bonds is 7. The molecular formula is C8H12Cl2O4. The maximum atomic E-state index is 10.8. The molecule has 0 radical (unpaired) electrons. The van der Waals surface area contributed by atoms with Crippen LogP contribution >= 0.6 is 23.2 Å². The third-order valence-corrected chi connectivity index (χ3v) is 1.66. The van der Waals surface area contributed by atoms with Crippen LogP contribution in [0.2, 0.25) is 0 Å². The topological polar surface area (TPSA) is 52.6 Å². The highest BCUT2D eigenvalue weighted by atomic mass is 35.5. The van der Waals surface area contributed by atoms with Gasteiger partial charge in [0, 0.05) is 12.8 Å². The van der Waals surface area contributed by atoms with Crippen molar-refractivity contribution in [2.75, 3.05) is 12.1 Å². The largest absolute Gasteiger partial charge is 0.449 e. The van der Waals surface area contributed by atoms with Gasteiger partial charge >= 0.3 is 11.9 Å². The summed E-state index contributed by atoms with van der Waals surface area (Å²) in [6, 6.07) is -0.264. The van der Waals surface area contributed by atoms with E-state index in [-0.39, 0.29) is 36.9 Å². The molecule has 0 bridgehead atoms. The number of halogens is 2. The van der Waals surface area contributed by atoms with Gasteiger partial charge in [0.25, 0.3) is 0 Å². The monoisotopic (exact) mass is 242 g/mol. The van der Waals surface area contributed by atoms with Crippen molar-refractivity contribution in [1.29, 1.82) is 0 Å². The first kappa shape index (κ1) is 13.5. The van der Waals surface area contributed by atoms with Gasteiger partial charge in [-0.3, -0.25) is 9.59 Å². The molecular weight excluding hydrogens is 231 g/mol. The van der Waals surface area contributed by atoms with E-state index in [2.05, 4.69) is 9.47 Å². The second kappa shape index (κ2) is 9.09. The number of unbranched alkanes of at least 4 members (excludes halogenated alkanes) is 1.